The second-order valence-electron chi connectivity index (χ2n) is 7.63. The molecule has 3 heteroatoms. The summed E-state index contributed by atoms with van der Waals surface area (Å²) >= 11 is 0. The number of para-hydroxylation sites is 1. The van der Waals surface area contributed by atoms with Gasteiger partial charge in [-0.25, -0.2) is 0 Å². The van der Waals surface area contributed by atoms with Crippen molar-refractivity contribution in [1.29, 1.82) is 0 Å². The Hall–Kier alpha value is -1.48. The number of ether oxygens (including phenoxy) is 1. The maximum absolute atomic E-state index is 6.95. The second-order valence-corrected chi connectivity index (χ2v) is 13.0. The molecule has 1 aliphatic heterocycles. The van der Waals surface area contributed by atoms with E-state index >= 15 is 0 Å². The lowest BCUT2D eigenvalue weighted by atomic mass is 10.1. The fraction of sp³-hybridized carbons (Fsp3) is 0.524. The third-order valence-corrected chi connectivity index (χ3v) is 11.1. The fourth-order valence-corrected chi connectivity index (χ4v) is 9.41. The van der Waals surface area contributed by atoms with Crippen LogP contribution in [0.15, 0.2) is 43.0 Å². The molecule has 0 N–H and O–H groups in total. The lowest BCUT2D eigenvalue weighted by molar-refractivity contribution is 0.241. The number of fused-ring (bicyclic) bond motifs is 1. The van der Waals surface area contributed by atoms with Gasteiger partial charge in [-0.1, -0.05) is 59.8 Å². The molecule has 0 fully saturated rings. The second kappa shape index (κ2) is 7.60. The highest BCUT2D eigenvalue weighted by molar-refractivity contribution is 6.78. The Morgan fingerprint density at radius 3 is 2.21 bits per heavy atom. The van der Waals surface area contributed by atoms with Crippen molar-refractivity contribution in [2.75, 3.05) is 0 Å². The van der Waals surface area contributed by atoms with Crippen LogP contribution in [0, 0.1) is 0 Å². The van der Waals surface area contributed by atoms with Crippen LogP contribution in [0.2, 0.25) is 16.6 Å². The predicted molar refractivity (Wildman–Crippen MR) is 106 cm³/mol. The van der Waals surface area contributed by atoms with E-state index in [2.05, 4.69) is 66.3 Å². The zero-order chi connectivity index (χ0) is 17.9. The van der Waals surface area contributed by atoms with E-state index in [9.17, 15) is 0 Å². The summed E-state index contributed by atoms with van der Waals surface area (Å²) in [4.78, 5) is 0. The molecule has 0 aliphatic carbocycles. The smallest absolute Gasteiger partial charge is 0.258 e. The lowest BCUT2D eigenvalue weighted by Gasteiger charge is -2.43. The van der Waals surface area contributed by atoms with E-state index in [1.165, 1.54) is 0 Å². The van der Waals surface area contributed by atoms with E-state index in [-0.39, 0.29) is 6.10 Å². The first-order chi connectivity index (χ1) is 11.3. The molecule has 0 saturated carbocycles. The van der Waals surface area contributed by atoms with Crippen LogP contribution in [0.1, 0.15) is 53.5 Å². The standard InChI is InChI=1S/C21H32O2Si/c1-8-11-18-14-21(19-12-9-10-13-20(19)22-18)23-24(15(2)3,16(4)5)17(6)7/h8-10,12-18H,1,11H2,2-7H3. The van der Waals surface area contributed by atoms with E-state index in [1.807, 2.05) is 18.2 Å². The molecule has 132 valence electrons. The van der Waals surface area contributed by atoms with E-state index in [1.54, 1.807) is 0 Å². The number of rotatable bonds is 7. The van der Waals surface area contributed by atoms with Gasteiger partial charge in [-0.3, -0.25) is 0 Å². The molecule has 1 aromatic carbocycles. The molecule has 1 atom stereocenters. The van der Waals surface area contributed by atoms with Gasteiger partial charge in [0.2, 0.25) is 0 Å². The summed E-state index contributed by atoms with van der Waals surface area (Å²) in [6, 6.07) is 8.21. The van der Waals surface area contributed by atoms with Crippen LogP contribution in [-0.4, -0.2) is 14.4 Å². The van der Waals surface area contributed by atoms with Crippen LogP contribution in [-0.2, 0) is 4.43 Å². The van der Waals surface area contributed by atoms with Crippen molar-refractivity contribution in [2.45, 2.75) is 70.7 Å². The van der Waals surface area contributed by atoms with Gasteiger partial charge in [0.25, 0.3) is 8.32 Å². The molecule has 0 aromatic heterocycles. The molecule has 0 amide bonds. The first-order valence-electron chi connectivity index (χ1n) is 9.10. The molecule has 0 saturated heterocycles. The van der Waals surface area contributed by atoms with Crippen molar-refractivity contribution in [2.24, 2.45) is 0 Å². The Labute approximate surface area is 148 Å². The van der Waals surface area contributed by atoms with Crippen LogP contribution in [0.5, 0.6) is 5.75 Å². The molecule has 2 nitrogen and oxygen atoms in total. The molecule has 1 aliphatic rings. The topological polar surface area (TPSA) is 18.5 Å². The number of benzene rings is 1. The predicted octanol–water partition coefficient (Wildman–Crippen LogP) is 6.56. The average Bonchev–Trinajstić information content (AvgIpc) is 2.51. The molecule has 0 bridgehead atoms. The van der Waals surface area contributed by atoms with Gasteiger partial charge in [-0.05, 0) is 34.8 Å². The third kappa shape index (κ3) is 3.46. The normalized spacial score (nSPS) is 17.5. The average molecular weight is 345 g/mol. The van der Waals surface area contributed by atoms with Crippen LogP contribution >= 0.6 is 0 Å². The fourth-order valence-electron chi connectivity index (χ4n) is 4.14. The zero-order valence-corrected chi connectivity index (χ0v) is 17.0. The van der Waals surface area contributed by atoms with Crippen molar-refractivity contribution in [3.63, 3.8) is 0 Å². The van der Waals surface area contributed by atoms with Crippen molar-refractivity contribution < 1.29 is 9.16 Å². The van der Waals surface area contributed by atoms with E-state index in [0.717, 1.165) is 23.5 Å². The molecular weight excluding hydrogens is 312 g/mol. The summed E-state index contributed by atoms with van der Waals surface area (Å²) in [6.07, 6.45) is 4.86. The Kier molecular flexibility index (Phi) is 5.97. The van der Waals surface area contributed by atoms with Crippen LogP contribution in [0.3, 0.4) is 0 Å². The van der Waals surface area contributed by atoms with Gasteiger partial charge >= 0.3 is 0 Å². The van der Waals surface area contributed by atoms with Gasteiger partial charge in [0.1, 0.15) is 17.6 Å². The molecule has 2 rings (SSSR count). The van der Waals surface area contributed by atoms with E-state index in [4.69, 9.17) is 9.16 Å². The van der Waals surface area contributed by atoms with E-state index < -0.39 is 8.32 Å². The Morgan fingerprint density at radius 2 is 1.67 bits per heavy atom. The lowest BCUT2D eigenvalue weighted by Crippen LogP contribution is -2.47. The maximum atomic E-state index is 6.95. The first kappa shape index (κ1) is 18.8. The van der Waals surface area contributed by atoms with Crippen LogP contribution in [0.4, 0.5) is 0 Å². The number of hydrogen-bond acceptors (Lipinski definition) is 2. The van der Waals surface area contributed by atoms with Crippen molar-refractivity contribution in [1.82, 2.24) is 0 Å². The highest BCUT2D eigenvalue weighted by Crippen LogP contribution is 2.46. The van der Waals surface area contributed by atoms with Gasteiger partial charge in [-0.2, -0.15) is 0 Å². The van der Waals surface area contributed by atoms with Crippen molar-refractivity contribution in [3.8, 4) is 5.75 Å². The maximum Gasteiger partial charge on any atom is 0.258 e. The Morgan fingerprint density at radius 1 is 1.08 bits per heavy atom. The summed E-state index contributed by atoms with van der Waals surface area (Å²) in [5.41, 5.74) is 2.72. The summed E-state index contributed by atoms with van der Waals surface area (Å²) < 4.78 is 13.0. The van der Waals surface area contributed by atoms with Gasteiger partial charge in [0, 0.05) is 6.42 Å². The molecule has 0 radical (unpaired) electrons. The quantitative estimate of drug-likeness (QED) is 0.412. The zero-order valence-electron chi connectivity index (χ0n) is 16.0. The van der Waals surface area contributed by atoms with Crippen LogP contribution < -0.4 is 4.74 Å². The first-order valence-corrected chi connectivity index (χ1v) is 11.2. The van der Waals surface area contributed by atoms with Crippen molar-refractivity contribution >= 4 is 14.1 Å². The molecule has 0 spiro atoms. The largest absolute Gasteiger partial charge is 0.542 e. The molecule has 24 heavy (non-hydrogen) atoms. The molecule has 1 aromatic rings. The number of hydrogen-bond donors (Lipinski definition) is 0. The van der Waals surface area contributed by atoms with Gasteiger partial charge < -0.3 is 9.16 Å². The summed E-state index contributed by atoms with van der Waals surface area (Å²) in [5, 5.41) is 0. The minimum Gasteiger partial charge on any atom is -0.542 e. The highest BCUT2D eigenvalue weighted by Gasteiger charge is 2.48. The van der Waals surface area contributed by atoms with Gasteiger partial charge in [-0.15, -0.1) is 6.58 Å². The summed E-state index contributed by atoms with van der Waals surface area (Å²) in [7, 11) is -1.99. The minimum atomic E-state index is -1.99. The third-order valence-electron chi connectivity index (χ3n) is 5.16. The van der Waals surface area contributed by atoms with Gasteiger partial charge in [0.05, 0.1) is 5.56 Å². The van der Waals surface area contributed by atoms with Crippen molar-refractivity contribution in [3.05, 3.63) is 48.6 Å². The minimum absolute atomic E-state index is 0.00517. The summed E-state index contributed by atoms with van der Waals surface area (Å²) in [5.74, 6) is 1.92. The van der Waals surface area contributed by atoms with Gasteiger partial charge in [0.15, 0.2) is 0 Å². The summed E-state index contributed by atoms with van der Waals surface area (Å²) in [6.45, 7) is 17.8. The molecule has 1 heterocycles. The Bertz CT molecular complexity index is 580. The molecular formula is C21H32O2Si. The SMILES string of the molecule is C=CCC1C=C(O[Si](C(C)C)(C(C)C)C(C)C)c2ccccc2O1. The van der Waals surface area contributed by atoms with Crippen LogP contribution in [0.25, 0.3) is 5.76 Å². The monoisotopic (exact) mass is 344 g/mol. The van der Waals surface area contributed by atoms with E-state index in [0.29, 0.717) is 16.6 Å². The molecule has 1 unspecified atom stereocenters. The highest BCUT2D eigenvalue weighted by atomic mass is 28.4. The Balaban J connectivity index is 2.48.